The molecule has 0 radical (unpaired) electrons. The van der Waals surface area contributed by atoms with Gasteiger partial charge in [0.1, 0.15) is 9.46 Å². The molecule has 2 aromatic rings. The van der Waals surface area contributed by atoms with Gasteiger partial charge in [0.2, 0.25) is 0 Å². The van der Waals surface area contributed by atoms with Crippen LogP contribution in [0.25, 0.3) is 0 Å². The van der Waals surface area contributed by atoms with Crippen LogP contribution in [0.15, 0.2) is 46.2 Å². The summed E-state index contributed by atoms with van der Waals surface area (Å²) >= 11 is 1.10. The summed E-state index contributed by atoms with van der Waals surface area (Å²) in [4.78, 5) is 27.8. The van der Waals surface area contributed by atoms with E-state index in [2.05, 4.69) is 15.6 Å². The third kappa shape index (κ3) is 4.89. The molecule has 2 rings (SSSR count). The van der Waals surface area contributed by atoms with Gasteiger partial charge in [0.05, 0.1) is 0 Å². The van der Waals surface area contributed by atoms with Crippen molar-refractivity contribution in [3.63, 3.8) is 0 Å². The minimum absolute atomic E-state index is 0.141. The quantitative estimate of drug-likeness (QED) is 0.694. The molecule has 0 saturated heterocycles. The van der Waals surface area contributed by atoms with Crippen LogP contribution < -0.4 is 10.6 Å². The summed E-state index contributed by atoms with van der Waals surface area (Å²) in [6.45, 7) is 3.44. The molecule has 0 unspecified atom stereocenters. The molecule has 9 heteroatoms. The third-order valence-electron chi connectivity index (χ3n) is 3.85. The second kappa shape index (κ2) is 8.91. The van der Waals surface area contributed by atoms with Crippen LogP contribution in [0.5, 0.6) is 0 Å². The molecule has 2 aromatic heterocycles. The molecule has 2 heterocycles. The highest BCUT2D eigenvalue weighted by molar-refractivity contribution is 7.93. The Morgan fingerprint density at radius 1 is 1.23 bits per heavy atom. The van der Waals surface area contributed by atoms with E-state index in [0.717, 1.165) is 11.3 Å². The fourth-order valence-electron chi connectivity index (χ4n) is 2.20. The maximum absolute atomic E-state index is 12.9. The van der Waals surface area contributed by atoms with Crippen LogP contribution >= 0.6 is 11.3 Å². The minimum atomic E-state index is -3.73. The summed E-state index contributed by atoms with van der Waals surface area (Å²) in [5, 5.41) is 5.61. The summed E-state index contributed by atoms with van der Waals surface area (Å²) in [7, 11) is -3.73. The summed E-state index contributed by atoms with van der Waals surface area (Å²) in [5.41, 5.74) is 0.448. The lowest BCUT2D eigenvalue weighted by Crippen LogP contribution is -2.45. The Bertz CT molecular complexity index is 836. The first kappa shape index (κ1) is 20.1. The number of pyridine rings is 1. The Morgan fingerprint density at radius 2 is 2.00 bits per heavy atom. The zero-order valence-corrected chi connectivity index (χ0v) is 16.1. The van der Waals surface area contributed by atoms with Gasteiger partial charge in [-0.3, -0.25) is 14.6 Å². The molecule has 140 valence electrons. The standard InChI is InChI=1S/C17H21N3O4S2/c1-3-12(2)20-17(22)16(21)19-11-14(13-6-4-8-18-10-13)26(23,24)15-7-5-9-25-15/h4-10,12,14H,3,11H2,1-2H3,(H,19,21)(H,20,22)/t12-,14-/m0/s1. The third-order valence-corrected chi connectivity index (χ3v) is 7.38. The molecular weight excluding hydrogens is 374 g/mol. The number of nitrogens with one attached hydrogen (secondary N) is 2. The summed E-state index contributed by atoms with van der Waals surface area (Å²) in [6.07, 6.45) is 3.67. The first-order valence-corrected chi connectivity index (χ1v) is 10.5. The highest BCUT2D eigenvalue weighted by Gasteiger charge is 2.31. The molecule has 0 aliphatic carbocycles. The predicted molar refractivity (Wildman–Crippen MR) is 99.4 cm³/mol. The van der Waals surface area contributed by atoms with E-state index in [0.29, 0.717) is 12.0 Å². The molecule has 0 aromatic carbocycles. The number of hydrogen-bond donors (Lipinski definition) is 2. The van der Waals surface area contributed by atoms with Crippen LogP contribution in [-0.2, 0) is 19.4 Å². The van der Waals surface area contributed by atoms with E-state index in [1.165, 1.54) is 18.5 Å². The number of aromatic nitrogens is 1. The lowest BCUT2D eigenvalue weighted by atomic mass is 10.2. The van der Waals surface area contributed by atoms with Crippen molar-refractivity contribution in [2.24, 2.45) is 0 Å². The van der Waals surface area contributed by atoms with Gasteiger partial charge in [-0.05, 0) is 36.4 Å². The van der Waals surface area contributed by atoms with E-state index in [9.17, 15) is 18.0 Å². The molecular formula is C17H21N3O4S2. The van der Waals surface area contributed by atoms with E-state index in [1.54, 1.807) is 30.5 Å². The topological polar surface area (TPSA) is 105 Å². The van der Waals surface area contributed by atoms with Gasteiger partial charge in [-0.1, -0.05) is 19.1 Å². The van der Waals surface area contributed by atoms with Crippen molar-refractivity contribution in [2.75, 3.05) is 6.54 Å². The largest absolute Gasteiger partial charge is 0.346 e. The lowest BCUT2D eigenvalue weighted by Gasteiger charge is -2.18. The second-order valence-corrected chi connectivity index (χ2v) is 9.05. The SMILES string of the molecule is CC[C@H](C)NC(=O)C(=O)NC[C@@H](c1cccnc1)S(=O)(=O)c1cccs1. The average Bonchev–Trinajstić information content (AvgIpc) is 3.17. The Balaban J connectivity index is 2.19. The van der Waals surface area contributed by atoms with E-state index in [1.807, 2.05) is 6.92 Å². The number of hydrogen-bond acceptors (Lipinski definition) is 6. The lowest BCUT2D eigenvalue weighted by molar-refractivity contribution is -0.139. The smallest absolute Gasteiger partial charge is 0.309 e. The van der Waals surface area contributed by atoms with Crippen LogP contribution in [0, 0.1) is 0 Å². The van der Waals surface area contributed by atoms with Gasteiger partial charge < -0.3 is 10.6 Å². The number of sulfone groups is 1. The van der Waals surface area contributed by atoms with Crippen LogP contribution in [0.4, 0.5) is 0 Å². The molecule has 0 aliphatic heterocycles. The monoisotopic (exact) mass is 395 g/mol. The normalized spacial score (nSPS) is 13.6. The van der Waals surface area contributed by atoms with Gasteiger partial charge in [-0.25, -0.2) is 8.42 Å². The molecule has 2 N–H and O–H groups in total. The van der Waals surface area contributed by atoms with E-state index >= 15 is 0 Å². The fourth-order valence-corrected chi connectivity index (χ4v) is 5.04. The van der Waals surface area contributed by atoms with Gasteiger partial charge >= 0.3 is 11.8 Å². The van der Waals surface area contributed by atoms with Gasteiger partial charge in [0, 0.05) is 25.0 Å². The zero-order chi connectivity index (χ0) is 19.2. The molecule has 0 bridgehead atoms. The van der Waals surface area contributed by atoms with Gasteiger partial charge in [0.15, 0.2) is 9.84 Å². The Labute approximate surface area is 156 Å². The number of amides is 2. The molecule has 26 heavy (non-hydrogen) atoms. The van der Waals surface area contributed by atoms with Crippen molar-refractivity contribution in [2.45, 2.75) is 35.8 Å². The number of nitrogens with zero attached hydrogens (tertiary/aromatic N) is 1. The van der Waals surface area contributed by atoms with E-state index in [-0.39, 0.29) is 16.8 Å². The van der Waals surface area contributed by atoms with Crippen molar-refractivity contribution in [1.82, 2.24) is 15.6 Å². The molecule has 0 saturated carbocycles. The molecule has 0 aliphatic rings. The number of thiophene rings is 1. The van der Waals surface area contributed by atoms with E-state index in [4.69, 9.17) is 0 Å². The van der Waals surface area contributed by atoms with Gasteiger partial charge in [-0.15, -0.1) is 11.3 Å². The highest BCUT2D eigenvalue weighted by atomic mass is 32.2. The van der Waals surface area contributed by atoms with Crippen LogP contribution in [0.3, 0.4) is 0 Å². The van der Waals surface area contributed by atoms with Crippen molar-refractivity contribution in [3.8, 4) is 0 Å². The summed E-state index contributed by atoms with van der Waals surface area (Å²) in [6, 6.07) is 6.28. The van der Waals surface area contributed by atoms with Gasteiger partial charge in [-0.2, -0.15) is 0 Å². The Morgan fingerprint density at radius 3 is 2.58 bits per heavy atom. The number of carbonyl (C=O) groups is 2. The highest BCUT2D eigenvalue weighted by Crippen LogP contribution is 2.30. The number of carbonyl (C=O) groups excluding carboxylic acids is 2. The first-order chi connectivity index (χ1) is 12.4. The predicted octanol–water partition coefficient (Wildman–Crippen LogP) is 1.69. The van der Waals surface area contributed by atoms with Crippen molar-refractivity contribution < 1.29 is 18.0 Å². The maximum atomic E-state index is 12.9. The second-order valence-electron chi connectivity index (χ2n) is 5.74. The van der Waals surface area contributed by atoms with Crippen LogP contribution in [0.2, 0.25) is 0 Å². The van der Waals surface area contributed by atoms with Crippen LogP contribution in [-0.4, -0.2) is 37.8 Å². The maximum Gasteiger partial charge on any atom is 0.309 e. The molecule has 0 spiro atoms. The van der Waals surface area contributed by atoms with Gasteiger partial charge in [0.25, 0.3) is 0 Å². The zero-order valence-electron chi connectivity index (χ0n) is 14.5. The van der Waals surface area contributed by atoms with Crippen LogP contribution in [0.1, 0.15) is 31.1 Å². The molecule has 2 amide bonds. The molecule has 0 fully saturated rings. The molecule has 7 nitrogen and oxygen atoms in total. The summed E-state index contributed by atoms with van der Waals surface area (Å²) < 4.78 is 26.1. The Hall–Kier alpha value is -2.26. The van der Waals surface area contributed by atoms with Crippen molar-refractivity contribution in [3.05, 3.63) is 47.6 Å². The minimum Gasteiger partial charge on any atom is -0.346 e. The average molecular weight is 396 g/mol. The molecule has 2 atom stereocenters. The fraction of sp³-hybridized carbons (Fsp3) is 0.353. The van der Waals surface area contributed by atoms with Crippen molar-refractivity contribution in [1.29, 1.82) is 0 Å². The number of rotatable bonds is 7. The van der Waals surface area contributed by atoms with Crippen molar-refractivity contribution >= 4 is 33.0 Å². The van der Waals surface area contributed by atoms with E-state index < -0.39 is 26.9 Å². The Kier molecular flexibility index (Phi) is 6.87. The summed E-state index contributed by atoms with van der Waals surface area (Å²) in [5.74, 6) is -1.64. The first-order valence-electron chi connectivity index (χ1n) is 8.12.